The van der Waals surface area contributed by atoms with Crippen LogP contribution in [0.25, 0.3) is 0 Å². The number of hydrogen-bond acceptors (Lipinski definition) is 4. The number of hydrazine groups is 1. The van der Waals surface area contributed by atoms with E-state index in [9.17, 15) is 4.79 Å². The molecule has 0 saturated heterocycles. The largest absolute Gasteiger partial charge is 0.309 e. The van der Waals surface area contributed by atoms with E-state index in [-0.39, 0.29) is 5.91 Å². The third-order valence-corrected chi connectivity index (χ3v) is 2.25. The number of nitrogens with one attached hydrogen (secondary N) is 1. The summed E-state index contributed by atoms with van der Waals surface area (Å²) in [5, 5.41) is 0. The second kappa shape index (κ2) is 8.64. The van der Waals surface area contributed by atoms with Crippen LogP contribution in [0.5, 0.6) is 0 Å². The number of carbonyl (C=O) groups excluding carboxylic acids is 1. The van der Waals surface area contributed by atoms with Gasteiger partial charge in [-0.3, -0.25) is 10.2 Å². The molecular formula is C10H24N4O. The normalized spacial score (nSPS) is 11.1. The topological polar surface area (TPSA) is 61.6 Å². The first-order valence-corrected chi connectivity index (χ1v) is 5.39. The second-order valence-electron chi connectivity index (χ2n) is 4.13. The fourth-order valence-electron chi connectivity index (χ4n) is 1.35. The molecule has 0 atom stereocenters. The monoisotopic (exact) mass is 216 g/mol. The Bertz CT molecular complexity index is 173. The number of nitrogens with two attached hydrogens (primary N) is 1. The highest BCUT2D eigenvalue weighted by Gasteiger charge is 2.01. The van der Waals surface area contributed by atoms with Crippen LogP contribution < -0.4 is 11.3 Å². The van der Waals surface area contributed by atoms with E-state index in [1.54, 1.807) is 0 Å². The Kier molecular flexibility index (Phi) is 8.27. The van der Waals surface area contributed by atoms with E-state index in [0.717, 1.165) is 32.5 Å². The van der Waals surface area contributed by atoms with Crippen molar-refractivity contribution >= 4 is 5.91 Å². The molecule has 5 heteroatoms. The summed E-state index contributed by atoms with van der Waals surface area (Å²) in [5.41, 5.74) is 2.13. The molecule has 5 nitrogen and oxygen atoms in total. The first kappa shape index (κ1) is 14.3. The maximum Gasteiger partial charge on any atom is 0.233 e. The van der Waals surface area contributed by atoms with Gasteiger partial charge in [-0.25, -0.2) is 5.84 Å². The Morgan fingerprint density at radius 2 is 1.73 bits per heavy atom. The van der Waals surface area contributed by atoms with Crippen LogP contribution in [0.2, 0.25) is 0 Å². The number of rotatable bonds is 8. The number of hydrogen-bond donors (Lipinski definition) is 2. The van der Waals surface area contributed by atoms with Crippen LogP contribution in [0.15, 0.2) is 0 Å². The van der Waals surface area contributed by atoms with E-state index in [0.29, 0.717) is 6.42 Å². The summed E-state index contributed by atoms with van der Waals surface area (Å²) < 4.78 is 0. The summed E-state index contributed by atoms with van der Waals surface area (Å²) in [6.07, 6.45) is 2.53. The van der Waals surface area contributed by atoms with Crippen LogP contribution in [-0.2, 0) is 4.79 Å². The predicted octanol–water partition coefficient (Wildman–Crippen LogP) is -0.360. The first-order chi connectivity index (χ1) is 7.06. The van der Waals surface area contributed by atoms with Gasteiger partial charge >= 0.3 is 0 Å². The van der Waals surface area contributed by atoms with Gasteiger partial charge in [-0.05, 0) is 53.6 Å². The van der Waals surface area contributed by atoms with Crippen LogP contribution in [0, 0.1) is 0 Å². The second-order valence-corrected chi connectivity index (χ2v) is 4.13. The number of carbonyl (C=O) groups is 1. The standard InChI is InChI=1S/C10H24N4O/c1-13(2)7-5-9-14(3)8-4-6-10(15)12-11/h4-9,11H2,1-3H3,(H,12,15). The molecule has 3 N–H and O–H groups in total. The third-order valence-electron chi connectivity index (χ3n) is 2.25. The minimum Gasteiger partial charge on any atom is -0.309 e. The lowest BCUT2D eigenvalue weighted by atomic mass is 10.2. The molecule has 0 aliphatic heterocycles. The first-order valence-electron chi connectivity index (χ1n) is 5.39. The quantitative estimate of drug-likeness (QED) is 0.330. The van der Waals surface area contributed by atoms with E-state index >= 15 is 0 Å². The summed E-state index contributed by atoms with van der Waals surface area (Å²) in [6.45, 7) is 3.12. The van der Waals surface area contributed by atoms with Crippen molar-refractivity contribution in [3.05, 3.63) is 0 Å². The maximum absolute atomic E-state index is 10.8. The fourth-order valence-corrected chi connectivity index (χ4v) is 1.35. The van der Waals surface area contributed by atoms with Crippen molar-refractivity contribution in [3.63, 3.8) is 0 Å². The number of nitrogens with zero attached hydrogens (tertiary/aromatic N) is 2. The van der Waals surface area contributed by atoms with Crippen LogP contribution >= 0.6 is 0 Å². The van der Waals surface area contributed by atoms with E-state index in [1.165, 1.54) is 0 Å². The average Bonchev–Trinajstić information content (AvgIpc) is 2.17. The molecule has 0 heterocycles. The van der Waals surface area contributed by atoms with Gasteiger partial charge in [0.15, 0.2) is 0 Å². The molecule has 15 heavy (non-hydrogen) atoms. The van der Waals surface area contributed by atoms with Crippen molar-refractivity contribution in [2.24, 2.45) is 5.84 Å². The molecule has 0 aliphatic rings. The lowest BCUT2D eigenvalue weighted by Gasteiger charge is -2.17. The summed E-state index contributed by atoms with van der Waals surface area (Å²) >= 11 is 0. The highest BCUT2D eigenvalue weighted by Crippen LogP contribution is 1.94. The lowest BCUT2D eigenvalue weighted by molar-refractivity contribution is -0.121. The third kappa shape index (κ3) is 9.65. The van der Waals surface area contributed by atoms with Crippen LogP contribution in [-0.4, -0.2) is 56.5 Å². The van der Waals surface area contributed by atoms with Crippen LogP contribution in [0.3, 0.4) is 0 Å². The zero-order chi connectivity index (χ0) is 11.7. The number of amides is 1. The van der Waals surface area contributed by atoms with Crippen LogP contribution in [0.4, 0.5) is 0 Å². The summed E-state index contributed by atoms with van der Waals surface area (Å²) in [5.74, 6) is 4.90. The minimum absolute atomic E-state index is 0.0864. The molecular weight excluding hydrogens is 192 g/mol. The molecule has 0 fully saturated rings. The van der Waals surface area contributed by atoms with E-state index in [2.05, 4.69) is 36.4 Å². The van der Waals surface area contributed by atoms with Gasteiger partial charge in [0.2, 0.25) is 5.91 Å². The predicted molar refractivity (Wildman–Crippen MR) is 62.2 cm³/mol. The fraction of sp³-hybridized carbons (Fsp3) is 0.900. The highest BCUT2D eigenvalue weighted by atomic mass is 16.2. The van der Waals surface area contributed by atoms with Gasteiger partial charge in [0, 0.05) is 6.42 Å². The van der Waals surface area contributed by atoms with Crippen molar-refractivity contribution in [2.75, 3.05) is 40.8 Å². The molecule has 0 aromatic rings. The zero-order valence-electron chi connectivity index (χ0n) is 10.1. The molecule has 0 aliphatic carbocycles. The van der Waals surface area contributed by atoms with Gasteiger partial charge in [-0.2, -0.15) is 0 Å². The minimum atomic E-state index is -0.0864. The van der Waals surface area contributed by atoms with Crippen molar-refractivity contribution < 1.29 is 4.79 Å². The van der Waals surface area contributed by atoms with E-state index < -0.39 is 0 Å². The maximum atomic E-state index is 10.8. The van der Waals surface area contributed by atoms with Gasteiger partial charge < -0.3 is 9.80 Å². The molecule has 0 aromatic carbocycles. The van der Waals surface area contributed by atoms with Crippen LogP contribution in [0.1, 0.15) is 19.3 Å². The van der Waals surface area contributed by atoms with E-state index in [1.807, 2.05) is 0 Å². The molecule has 0 bridgehead atoms. The zero-order valence-corrected chi connectivity index (χ0v) is 10.1. The highest BCUT2D eigenvalue weighted by molar-refractivity contribution is 5.75. The van der Waals surface area contributed by atoms with Crippen molar-refractivity contribution in [1.29, 1.82) is 0 Å². The average molecular weight is 216 g/mol. The Labute approximate surface area is 92.6 Å². The molecule has 0 spiro atoms. The lowest BCUT2D eigenvalue weighted by Crippen LogP contribution is -2.31. The van der Waals surface area contributed by atoms with Crippen molar-refractivity contribution in [2.45, 2.75) is 19.3 Å². The summed E-state index contributed by atoms with van der Waals surface area (Å²) in [6, 6.07) is 0. The molecule has 1 amide bonds. The smallest absolute Gasteiger partial charge is 0.233 e. The molecule has 90 valence electrons. The van der Waals surface area contributed by atoms with Gasteiger partial charge in [0.25, 0.3) is 0 Å². The van der Waals surface area contributed by atoms with Gasteiger partial charge in [0.1, 0.15) is 0 Å². The molecule has 0 saturated carbocycles. The Morgan fingerprint density at radius 3 is 2.27 bits per heavy atom. The summed E-state index contributed by atoms with van der Waals surface area (Å²) in [4.78, 5) is 15.3. The van der Waals surface area contributed by atoms with Gasteiger partial charge in [-0.1, -0.05) is 0 Å². The Hall–Kier alpha value is -0.650. The molecule has 0 rings (SSSR count). The summed E-state index contributed by atoms with van der Waals surface area (Å²) in [7, 11) is 6.23. The SMILES string of the molecule is CN(C)CCCN(C)CCCC(=O)NN. The van der Waals surface area contributed by atoms with Crippen molar-refractivity contribution in [3.8, 4) is 0 Å². The van der Waals surface area contributed by atoms with E-state index in [4.69, 9.17) is 5.84 Å². The molecule has 0 unspecified atom stereocenters. The Balaban J connectivity index is 3.33. The van der Waals surface area contributed by atoms with Crippen molar-refractivity contribution in [1.82, 2.24) is 15.2 Å². The van der Waals surface area contributed by atoms with Gasteiger partial charge in [-0.15, -0.1) is 0 Å². The molecule has 0 aromatic heterocycles. The van der Waals surface area contributed by atoms with Gasteiger partial charge in [0.05, 0.1) is 0 Å². The Morgan fingerprint density at radius 1 is 1.13 bits per heavy atom. The molecule has 0 radical (unpaired) electrons.